The van der Waals surface area contributed by atoms with Gasteiger partial charge in [-0.05, 0) is 49.4 Å². The standard InChI is InChI=1S/C16H28N2S2/c1-13(10-14-6-5-8-20-14)18(4)16(11-17)12-19-9-7-15(16,2)3/h5-6,8,13H,7,9-12,17H2,1-4H3. The molecule has 0 amide bonds. The van der Waals surface area contributed by atoms with Crippen LogP contribution in [0.4, 0.5) is 0 Å². The van der Waals surface area contributed by atoms with Crippen LogP contribution in [0, 0.1) is 5.41 Å². The lowest BCUT2D eigenvalue weighted by Crippen LogP contribution is -2.66. The van der Waals surface area contributed by atoms with E-state index in [0.717, 1.165) is 18.7 Å². The molecule has 114 valence electrons. The highest BCUT2D eigenvalue weighted by atomic mass is 32.2. The molecule has 1 aromatic heterocycles. The molecule has 2 N–H and O–H groups in total. The van der Waals surface area contributed by atoms with Gasteiger partial charge in [-0.15, -0.1) is 11.3 Å². The van der Waals surface area contributed by atoms with Gasteiger partial charge in [0.25, 0.3) is 0 Å². The monoisotopic (exact) mass is 312 g/mol. The molecule has 1 aliphatic rings. The molecule has 0 spiro atoms. The average molecular weight is 313 g/mol. The molecule has 0 bridgehead atoms. The predicted molar refractivity (Wildman–Crippen MR) is 92.8 cm³/mol. The minimum absolute atomic E-state index is 0.118. The third-order valence-electron chi connectivity index (χ3n) is 5.22. The van der Waals surface area contributed by atoms with E-state index >= 15 is 0 Å². The van der Waals surface area contributed by atoms with Crippen molar-refractivity contribution in [2.75, 3.05) is 25.1 Å². The fourth-order valence-corrected chi connectivity index (χ4v) is 6.01. The lowest BCUT2D eigenvalue weighted by Gasteiger charge is -2.56. The summed E-state index contributed by atoms with van der Waals surface area (Å²) in [5, 5.41) is 2.17. The van der Waals surface area contributed by atoms with Gasteiger partial charge in [0.2, 0.25) is 0 Å². The first-order valence-electron chi connectivity index (χ1n) is 7.46. The fraction of sp³-hybridized carbons (Fsp3) is 0.750. The number of thioether (sulfide) groups is 1. The quantitative estimate of drug-likeness (QED) is 0.902. The largest absolute Gasteiger partial charge is 0.329 e. The molecule has 1 aliphatic heterocycles. The smallest absolute Gasteiger partial charge is 0.0472 e. The zero-order valence-electron chi connectivity index (χ0n) is 13.2. The highest BCUT2D eigenvalue weighted by Crippen LogP contribution is 2.45. The van der Waals surface area contributed by atoms with Crippen LogP contribution in [-0.2, 0) is 6.42 Å². The molecule has 0 aromatic carbocycles. The van der Waals surface area contributed by atoms with Crippen LogP contribution in [0.2, 0.25) is 0 Å². The van der Waals surface area contributed by atoms with Crippen LogP contribution in [0.3, 0.4) is 0 Å². The average Bonchev–Trinajstić information content (AvgIpc) is 2.90. The molecule has 2 atom stereocenters. The van der Waals surface area contributed by atoms with Crippen LogP contribution in [0.25, 0.3) is 0 Å². The van der Waals surface area contributed by atoms with Crippen molar-refractivity contribution in [3.05, 3.63) is 22.4 Å². The van der Waals surface area contributed by atoms with Crippen molar-refractivity contribution >= 4 is 23.1 Å². The molecule has 2 rings (SSSR count). The fourth-order valence-electron chi connectivity index (χ4n) is 3.33. The van der Waals surface area contributed by atoms with E-state index in [4.69, 9.17) is 5.73 Å². The third kappa shape index (κ3) is 2.94. The van der Waals surface area contributed by atoms with E-state index < -0.39 is 0 Å². The van der Waals surface area contributed by atoms with Crippen LogP contribution in [-0.4, -0.2) is 41.6 Å². The van der Waals surface area contributed by atoms with Crippen molar-refractivity contribution in [1.29, 1.82) is 0 Å². The van der Waals surface area contributed by atoms with E-state index in [2.05, 4.69) is 62.0 Å². The van der Waals surface area contributed by atoms with Gasteiger partial charge in [-0.25, -0.2) is 0 Å². The number of rotatable bonds is 5. The highest BCUT2D eigenvalue weighted by Gasteiger charge is 2.49. The molecule has 4 heteroatoms. The topological polar surface area (TPSA) is 29.3 Å². The van der Waals surface area contributed by atoms with Crippen molar-refractivity contribution in [2.45, 2.75) is 45.2 Å². The second kappa shape index (κ2) is 6.39. The van der Waals surface area contributed by atoms with Crippen molar-refractivity contribution in [3.8, 4) is 0 Å². The van der Waals surface area contributed by atoms with Crippen LogP contribution >= 0.6 is 23.1 Å². The Morgan fingerprint density at radius 2 is 2.20 bits per heavy atom. The van der Waals surface area contributed by atoms with Crippen LogP contribution < -0.4 is 5.73 Å². The first-order valence-corrected chi connectivity index (χ1v) is 9.49. The summed E-state index contributed by atoms with van der Waals surface area (Å²) in [4.78, 5) is 4.04. The molecule has 20 heavy (non-hydrogen) atoms. The van der Waals surface area contributed by atoms with Crippen LogP contribution in [0.5, 0.6) is 0 Å². The number of nitrogens with two attached hydrogens (primary N) is 1. The number of hydrogen-bond donors (Lipinski definition) is 1. The zero-order valence-corrected chi connectivity index (χ0v) is 14.8. The lowest BCUT2D eigenvalue weighted by molar-refractivity contribution is -0.00382. The molecule has 2 heterocycles. The van der Waals surface area contributed by atoms with Crippen LogP contribution in [0.15, 0.2) is 17.5 Å². The van der Waals surface area contributed by atoms with Gasteiger partial charge in [0.15, 0.2) is 0 Å². The van der Waals surface area contributed by atoms with Gasteiger partial charge in [0.05, 0.1) is 0 Å². The van der Waals surface area contributed by atoms with Crippen LogP contribution in [0.1, 0.15) is 32.1 Å². The molecule has 0 saturated carbocycles. The van der Waals surface area contributed by atoms with Gasteiger partial charge in [0, 0.05) is 28.8 Å². The van der Waals surface area contributed by atoms with Gasteiger partial charge in [-0.1, -0.05) is 19.9 Å². The van der Waals surface area contributed by atoms with Crippen molar-refractivity contribution in [1.82, 2.24) is 4.90 Å². The summed E-state index contributed by atoms with van der Waals surface area (Å²) >= 11 is 3.92. The van der Waals surface area contributed by atoms with E-state index in [0.29, 0.717) is 6.04 Å². The Morgan fingerprint density at radius 3 is 2.75 bits per heavy atom. The van der Waals surface area contributed by atoms with Crippen molar-refractivity contribution < 1.29 is 0 Å². The molecule has 1 saturated heterocycles. The van der Waals surface area contributed by atoms with Gasteiger partial charge < -0.3 is 5.73 Å². The Bertz CT molecular complexity index is 416. The molecule has 1 fully saturated rings. The molecule has 1 aromatic rings. The Hall–Kier alpha value is -0.0300. The first-order chi connectivity index (χ1) is 9.43. The normalized spacial score (nSPS) is 27.7. The van der Waals surface area contributed by atoms with Gasteiger partial charge in [0.1, 0.15) is 0 Å². The number of thiophene rings is 1. The van der Waals surface area contributed by atoms with Gasteiger partial charge in [-0.2, -0.15) is 11.8 Å². The zero-order chi connectivity index (χ0) is 14.8. The second-order valence-corrected chi connectivity index (χ2v) is 8.80. The summed E-state index contributed by atoms with van der Waals surface area (Å²) in [6, 6.07) is 4.91. The number of nitrogens with zero attached hydrogens (tertiary/aromatic N) is 1. The van der Waals surface area contributed by atoms with E-state index in [1.54, 1.807) is 0 Å². The van der Waals surface area contributed by atoms with Gasteiger partial charge in [-0.3, -0.25) is 4.90 Å². The summed E-state index contributed by atoms with van der Waals surface area (Å²) < 4.78 is 0. The second-order valence-electron chi connectivity index (χ2n) is 6.67. The number of hydrogen-bond acceptors (Lipinski definition) is 4. The Labute approximate surface area is 132 Å². The van der Waals surface area contributed by atoms with Crippen molar-refractivity contribution in [2.24, 2.45) is 11.1 Å². The summed E-state index contributed by atoms with van der Waals surface area (Å²) in [5.74, 6) is 2.42. The summed E-state index contributed by atoms with van der Waals surface area (Å²) in [6.07, 6.45) is 2.38. The molecule has 2 nitrogen and oxygen atoms in total. The maximum Gasteiger partial charge on any atom is 0.0472 e. The molecular weight excluding hydrogens is 284 g/mol. The molecule has 0 radical (unpaired) electrons. The lowest BCUT2D eigenvalue weighted by atomic mass is 9.69. The Kier molecular flexibility index (Phi) is 5.22. The minimum atomic E-state index is 0.118. The summed E-state index contributed by atoms with van der Waals surface area (Å²) in [7, 11) is 2.28. The van der Waals surface area contributed by atoms with Crippen molar-refractivity contribution in [3.63, 3.8) is 0 Å². The van der Waals surface area contributed by atoms with E-state index in [-0.39, 0.29) is 11.0 Å². The highest BCUT2D eigenvalue weighted by molar-refractivity contribution is 7.99. The third-order valence-corrected chi connectivity index (χ3v) is 7.30. The maximum absolute atomic E-state index is 6.27. The maximum atomic E-state index is 6.27. The first kappa shape index (κ1) is 16.3. The molecule has 0 aliphatic carbocycles. The SMILES string of the molecule is CC(Cc1cccs1)N(C)C1(CN)CSCCC1(C)C. The molecular formula is C16H28N2S2. The van der Waals surface area contributed by atoms with E-state index in [1.165, 1.54) is 17.1 Å². The predicted octanol–water partition coefficient (Wildman–Crippen LogP) is 3.47. The van der Waals surface area contributed by atoms with E-state index in [9.17, 15) is 0 Å². The minimum Gasteiger partial charge on any atom is -0.329 e. The summed E-state index contributed by atoms with van der Waals surface area (Å²) in [6.45, 7) is 7.88. The van der Waals surface area contributed by atoms with E-state index in [1.807, 2.05) is 11.3 Å². The Balaban J connectivity index is 2.17. The summed E-state index contributed by atoms with van der Waals surface area (Å²) in [5.41, 5.74) is 6.67. The molecule has 2 unspecified atom stereocenters. The number of likely N-dealkylation sites (N-methyl/N-ethyl adjacent to an activating group) is 1. The Morgan fingerprint density at radius 1 is 1.45 bits per heavy atom. The van der Waals surface area contributed by atoms with Gasteiger partial charge >= 0.3 is 0 Å².